The molecule has 0 saturated heterocycles. The van der Waals surface area contributed by atoms with Gasteiger partial charge in [-0.1, -0.05) is 29.3 Å². The van der Waals surface area contributed by atoms with Crippen molar-refractivity contribution in [1.82, 2.24) is 0 Å². The average Bonchev–Trinajstić information content (AvgIpc) is 2.31. The van der Waals surface area contributed by atoms with Gasteiger partial charge in [-0.2, -0.15) is 13.2 Å². The van der Waals surface area contributed by atoms with Gasteiger partial charge < -0.3 is 5.73 Å². The minimum atomic E-state index is -4.43. The number of hydrogen-bond acceptors (Lipinski definition) is 1. The minimum Gasteiger partial charge on any atom is -0.398 e. The monoisotopic (exact) mass is 305 g/mol. The van der Waals surface area contributed by atoms with E-state index in [1.54, 1.807) is 18.2 Å². The first kappa shape index (κ1) is 14.0. The Balaban J connectivity index is 2.55. The summed E-state index contributed by atoms with van der Waals surface area (Å²) in [6, 6.07) is 7.85. The van der Waals surface area contributed by atoms with E-state index in [4.69, 9.17) is 28.9 Å². The van der Waals surface area contributed by atoms with Crippen LogP contribution in [0.5, 0.6) is 0 Å². The van der Waals surface area contributed by atoms with Crippen LogP contribution in [-0.2, 0) is 6.18 Å². The van der Waals surface area contributed by atoms with Gasteiger partial charge >= 0.3 is 6.18 Å². The molecular weight excluding hydrogens is 298 g/mol. The van der Waals surface area contributed by atoms with Crippen molar-refractivity contribution in [3.8, 4) is 11.1 Å². The van der Waals surface area contributed by atoms with Crippen LogP contribution < -0.4 is 5.73 Å². The fraction of sp³-hybridized carbons (Fsp3) is 0.0769. The van der Waals surface area contributed by atoms with Crippen molar-refractivity contribution in [1.29, 1.82) is 0 Å². The fourth-order valence-electron chi connectivity index (χ4n) is 1.69. The Labute approximate surface area is 117 Å². The van der Waals surface area contributed by atoms with Crippen LogP contribution in [0.1, 0.15) is 5.56 Å². The first-order valence-electron chi connectivity index (χ1n) is 5.21. The van der Waals surface area contributed by atoms with Crippen molar-refractivity contribution in [2.75, 3.05) is 5.73 Å². The molecule has 2 aromatic carbocycles. The van der Waals surface area contributed by atoms with E-state index in [2.05, 4.69) is 0 Å². The summed E-state index contributed by atoms with van der Waals surface area (Å²) >= 11 is 11.8. The van der Waals surface area contributed by atoms with E-state index in [-0.39, 0.29) is 5.69 Å². The third-order valence-corrected chi connectivity index (χ3v) is 3.16. The summed E-state index contributed by atoms with van der Waals surface area (Å²) in [5.41, 5.74) is 5.78. The zero-order valence-corrected chi connectivity index (χ0v) is 10.9. The van der Waals surface area contributed by atoms with Crippen LogP contribution in [0.2, 0.25) is 10.0 Å². The zero-order valence-electron chi connectivity index (χ0n) is 9.43. The molecule has 0 spiro atoms. The number of nitrogens with two attached hydrogens (primary N) is 1. The Morgan fingerprint density at radius 2 is 1.58 bits per heavy atom. The number of halogens is 5. The highest BCUT2D eigenvalue weighted by atomic mass is 35.5. The van der Waals surface area contributed by atoms with E-state index in [1.165, 1.54) is 6.07 Å². The van der Waals surface area contributed by atoms with Gasteiger partial charge in [-0.15, -0.1) is 0 Å². The van der Waals surface area contributed by atoms with Crippen molar-refractivity contribution >= 4 is 28.9 Å². The van der Waals surface area contributed by atoms with Gasteiger partial charge in [0.05, 0.1) is 5.56 Å². The Kier molecular flexibility index (Phi) is 3.65. The predicted molar refractivity (Wildman–Crippen MR) is 71.3 cm³/mol. The topological polar surface area (TPSA) is 26.0 Å². The summed E-state index contributed by atoms with van der Waals surface area (Å²) in [7, 11) is 0. The largest absolute Gasteiger partial charge is 0.416 e. The van der Waals surface area contributed by atoms with Gasteiger partial charge in [0, 0.05) is 26.9 Å². The molecule has 2 aromatic rings. The quantitative estimate of drug-likeness (QED) is 0.714. The second-order valence-electron chi connectivity index (χ2n) is 3.92. The number of rotatable bonds is 1. The second kappa shape index (κ2) is 4.94. The highest BCUT2D eigenvalue weighted by molar-refractivity contribution is 6.35. The van der Waals surface area contributed by atoms with Crippen molar-refractivity contribution in [3.05, 3.63) is 52.0 Å². The van der Waals surface area contributed by atoms with Crippen LogP contribution >= 0.6 is 23.2 Å². The first-order chi connectivity index (χ1) is 8.79. The molecule has 0 aromatic heterocycles. The third-order valence-electron chi connectivity index (χ3n) is 2.60. The number of benzene rings is 2. The summed E-state index contributed by atoms with van der Waals surface area (Å²) in [6.45, 7) is 0. The van der Waals surface area contributed by atoms with Gasteiger partial charge in [0.1, 0.15) is 0 Å². The van der Waals surface area contributed by atoms with Gasteiger partial charge in [-0.3, -0.25) is 0 Å². The maximum absolute atomic E-state index is 12.5. The number of anilines is 1. The molecule has 2 N–H and O–H groups in total. The molecular formula is C13H8Cl2F3N. The molecule has 0 aliphatic heterocycles. The third kappa shape index (κ3) is 2.96. The van der Waals surface area contributed by atoms with Crippen molar-refractivity contribution in [3.63, 3.8) is 0 Å². The van der Waals surface area contributed by atoms with Crippen molar-refractivity contribution < 1.29 is 13.2 Å². The summed E-state index contributed by atoms with van der Waals surface area (Å²) in [6.07, 6.45) is -4.43. The van der Waals surface area contributed by atoms with Crippen LogP contribution in [0.3, 0.4) is 0 Å². The van der Waals surface area contributed by atoms with E-state index >= 15 is 0 Å². The molecule has 0 bridgehead atoms. The number of nitrogen functional groups attached to an aromatic ring is 1. The number of alkyl halides is 3. The van der Waals surface area contributed by atoms with Crippen molar-refractivity contribution in [2.24, 2.45) is 0 Å². The van der Waals surface area contributed by atoms with Crippen LogP contribution in [-0.4, -0.2) is 0 Å². The van der Waals surface area contributed by atoms with Gasteiger partial charge in [0.2, 0.25) is 0 Å². The van der Waals surface area contributed by atoms with Crippen LogP contribution in [0.4, 0.5) is 18.9 Å². The molecule has 0 aliphatic carbocycles. The first-order valence-corrected chi connectivity index (χ1v) is 5.97. The fourth-order valence-corrected chi connectivity index (χ4v) is 2.08. The Bertz CT molecular complexity index is 624. The van der Waals surface area contributed by atoms with E-state index in [0.717, 1.165) is 12.1 Å². The molecule has 0 fully saturated rings. The minimum absolute atomic E-state index is 0.000934. The van der Waals surface area contributed by atoms with Crippen LogP contribution in [0, 0.1) is 0 Å². The molecule has 0 amide bonds. The maximum Gasteiger partial charge on any atom is 0.416 e. The molecule has 0 unspecified atom stereocenters. The molecule has 0 heterocycles. The van der Waals surface area contributed by atoms with Crippen molar-refractivity contribution in [2.45, 2.75) is 6.18 Å². The normalized spacial score (nSPS) is 11.6. The van der Waals surface area contributed by atoms with Gasteiger partial charge in [0.15, 0.2) is 0 Å². The molecule has 19 heavy (non-hydrogen) atoms. The Hall–Kier alpha value is -1.39. The zero-order chi connectivity index (χ0) is 14.2. The second-order valence-corrected chi connectivity index (χ2v) is 4.77. The van der Waals surface area contributed by atoms with E-state index in [0.29, 0.717) is 21.2 Å². The molecule has 0 radical (unpaired) electrons. The van der Waals surface area contributed by atoms with Crippen LogP contribution in [0.15, 0.2) is 36.4 Å². The highest BCUT2D eigenvalue weighted by Crippen LogP contribution is 2.37. The molecule has 100 valence electrons. The maximum atomic E-state index is 12.5. The number of hydrogen-bond donors (Lipinski definition) is 1. The molecule has 0 saturated carbocycles. The molecule has 0 aliphatic rings. The summed E-state index contributed by atoms with van der Waals surface area (Å²) < 4.78 is 37.6. The summed E-state index contributed by atoms with van der Waals surface area (Å²) in [4.78, 5) is 0. The smallest absolute Gasteiger partial charge is 0.398 e. The Morgan fingerprint density at radius 1 is 0.895 bits per heavy atom. The van der Waals surface area contributed by atoms with Gasteiger partial charge in [-0.05, 0) is 30.3 Å². The lowest BCUT2D eigenvalue weighted by molar-refractivity contribution is -0.137. The Morgan fingerprint density at radius 3 is 2.16 bits per heavy atom. The van der Waals surface area contributed by atoms with Gasteiger partial charge in [0.25, 0.3) is 0 Å². The van der Waals surface area contributed by atoms with E-state index in [9.17, 15) is 13.2 Å². The molecule has 2 rings (SSSR count). The molecule has 0 atom stereocenters. The van der Waals surface area contributed by atoms with Gasteiger partial charge in [-0.25, -0.2) is 0 Å². The van der Waals surface area contributed by atoms with E-state index < -0.39 is 11.7 Å². The predicted octanol–water partition coefficient (Wildman–Crippen LogP) is 5.26. The average molecular weight is 306 g/mol. The van der Waals surface area contributed by atoms with Crippen LogP contribution in [0.25, 0.3) is 11.1 Å². The van der Waals surface area contributed by atoms with E-state index in [1.807, 2.05) is 0 Å². The molecule has 6 heteroatoms. The SMILES string of the molecule is Nc1cc(C(F)(F)F)ccc1-c1cc(Cl)ccc1Cl. The lowest BCUT2D eigenvalue weighted by Crippen LogP contribution is -2.06. The standard InChI is InChI=1S/C13H8Cl2F3N/c14-8-2-4-11(15)10(6-8)9-3-1-7(5-12(9)19)13(16,17)18/h1-6H,19H2. The summed E-state index contributed by atoms with van der Waals surface area (Å²) in [5, 5.41) is 0.801. The molecule has 1 nitrogen and oxygen atoms in total. The summed E-state index contributed by atoms with van der Waals surface area (Å²) in [5.74, 6) is 0. The lowest BCUT2D eigenvalue weighted by atomic mass is 10.0. The highest BCUT2D eigenvalue weighted by Gasteiger charge is 2.30. The lowest BCUT2D eigenvalue weighted by Gasteiger charge is -2.12.